The van der Waals surface area contributed by atoms with Crippen molar-refractivity contribution < 1.29 is 9.53 Å². The van der Waals surface area contributed by atoms with E-state index >= 15 is 0 Å². The van der Waals surface area contributed by atoms with Gasteiger partial charge in [0, 0.05) is 18.8 Å². The number of esters is 1. The minimum Gasteiger partial charge on any atom is -0.462 e. The normalized spacial score (nSPS) is 14.5. The third-order valence-electron chi connectivity index (χ3n) is 5.33. The highest BCUT2D eigenvalue weighted by Crippen LogP contribution is 2.28. The highest BCUT2D eigenvalue weighted by molar-refractivity contribution is 7.20. The number of fused-ring (bicyclic) bond motifs is 1. The number of H-pyrrole nitrogens is 1. The lowest BCUT2D eigenvalue weighted by atomic mass is 10.1. The van der Waals surface area contributed by atoms with Gasteiger partial charge in [0.25, 0.3) is 5.56 Å². The molecule has 0 amide bonds. The van der Waals surface area contributed by atoms with Crippen LogP contribution in [0.1, 0.15) is 52.8 Å². The summed E-state index contributed by atoms with van der Waals surface area (Å²) < 4.78 is 5.08. The molecule has 1 fully saturated rings. The van der Waals surface area contributed by atoms with Crippen LogP contribution in [0.25, 0.3) is 22.4 Å². The number of hydrogen-bond acceptors (Lipinski definition) is 6. The lowest BCUT2D eigenvalue weighted by Crippen LogP contribution is -2.29. The molecule has 3 heterocycles. The first-order chi connectivity index (χ1) is 14.6. The van der Waals surface area contributed by atoms with Crippen LogP contribution in [0.3, 0.4) is 0 Å². The summed E-state index contributed by atoms with van der Waals surface area (Å²) in [6.45, 7) is 6.04. The minimum absolute atomic E-state index is 0.246. The second-order valence-electron chi connectivity index (χ2n) is 7.38. The van der Waals surface area contributed by atoms with E-state index in [4.69, 9.17) is 4.74 Å². The van der Waals surface area contributed by atoms with Gasteiger partial charge in [-0.15, -0.1) is 11.3 Å². The average molecular weight is 424 g/mol. The Morgan fingerprint density at radius 1 is 1.20 bits per heavy atom. The molecule has 7 heteroatoms. The first kappa shape index (κ1) is 20.3. The topological polar surface area (TPSA) is 75.3 Å². The van der Waals surface area contributed by atoms with Crippen molar-refractivity contribution in [1.29, 1.82) is 0 Å². The molecule has 0 saturated carbocycles. The van der Waals surface area contributed by atoms with Crippen LogP contribution in [-0.4, -0.2) is 35.6 Å². The van der Waals surface area contributed by atoms with E-state index in [9.17, 15) is 9.59 Å². The molecule has 0 aliphatic carbocycles. The van der Waals surface area contributed by atoms with Crippen LogP contribution < -0.4 is 10.5 Å². The third-order valence-corrected chi connectivity index (χ3v) is 6.49. The number of carbonyl (C=O) groups is 1. The van der Waals surface area contributed by atoms with Crippen molar-refractivity contribution in [1.82, 2.24) is 9.97 Å². The van der Waals surface area contributed by atoms with Crippen LogP contribution in [-0.2, 0) is 4.74 Å². The number of hydrogen-bond donors (Lipinski definition) is 1. The number of nitrogens with one attached hydrogen (secondary N) is 1. The Labute approximate surface area is 179 Å². The van der Waals surface area contributed by atoms with Crippen LogP contribution in [0.5, 0.6) is 0 Å². The molecular weight excluding hydrogens is 398 g/mol. The van der Waals surface area contributed by atoms with Gasteiger partial charge in [-0.05, 0) is 62.4 Å². The molecule has 2 aromatic heterocycles. The molecule has 0 unspecified atom stereocenters. The van der Waals surface area contributed by atoms with E-state index in [1.54, 1.807) is 19.9 Å². The summed E-state index contributed by atoms with van der Waals surface area (Å²) in [6.07, 6.45) is 7.54. The lowest BCUT2D eigenvalue weighted by molar-refractivity contribution is 0.0531. The largest absolute Gasteiger partial charge is 0.462 e. The Morgan fingerprint density at radius 3 is 2.63 bits per heavy atom. The van der Waals surface area contributed by atoms with Gasteiger partial charge in [-0.3, -0.25) is 4.79 Å². The first-order valence-corrected chi connectivity index (χ1v) is 11.1. The monoisotopic (exact) mass is 423 g/mol. The Bertz CT molecular complexity index is 1140. The van der Waals surface area contributed by atoms with Gasteiger partial charge in [-0.2, -0.15) is 0 Å². The molecule has 156 valence electrons. The van der Waals surface area contributed by atoms with E-state index in [0.29, 0.717) is 33.1 Å². The van der Waals surface area contributed by atoms with Gasteiger partial charge in [0.15, 0.2) is 0 Å². The molecule has 0 radical (unpaired) electrons. The Morgan fingerprint density at radius 2 is 1.93 bits per heavy atom. The second kappa shape index (κ2) is 8.83. The zero-order valence-corrected chi connectivity index (χ0v) is 18.1. The lowest BCUT2D eigenvalue weighted by Gasteiger charge is -2.28. The number of aromatic amines is 1. The Kier molecular flexibility index (Phi) is 5.99. The standard InChI is InChI=1S/C23H25N3O3S/c1-3-29-23(28)20-15(2)19-21(27)24-18(25-22(19)30-20)12-9-16-7-10-17(11-8-16)26-13-5-4-6-14-26/h7-12H,3-6,13-14H2,1-2H3,(H,24,25,27)/b12-9+. The number of rotatable bonds is 5. The maximum absolute atomic E-state index is 12.6. The van der Waals surface area contributed by atoms with Crippen molar-refractivity contribution in [3.05, 3.63) is 56.4 Å². The van der Waals surface area contributed by atoms with Gasteiger partial charge >= 0.3 is 5.97 Å². The predicted molar refractivity (Wildman–Crippen MR) is 122 cm³/mol. The minimum atomic E-state index is -0.414. The number of anilines is 1. The fraction of sp³-hybridized carbons (Fsp3) is 0.348. The number of aromatic nitrogens is 2. The molecular formula is C23H25N3O3S. The number of thiophene rings is 1. The summed E-state index contributed by atoms with van der Waals surface area (Å²) in [6, 6.07) is 8.42. The Hall–Kier alpha value is -2.93. The molecule has 30 heavy (non-hydrogen) atoms. The SMILES string of the molecule is CCOC(=O)c1sc2nc(/C=C/c3ccc(N4CCCCC4)cc3)[nH]c(=O)c2c1C. The maximum Gasteiger partial charge on any atom is 0.348 e. The van der Waals surface area contributed by atoms with Gasteiger partial charge in [-0.25, -0.2) is 9.78 Å². The van der Waals surface area contributed by atoms with Crippen molar-refractivity contribution in [3.63, 3.8) is 0 Å². The predicted octanol–water partition coefficient (Wildman–Crippen LogP) is 4.63. The van der Waals surface area contributed by atoms with Gasteiger partial charge in [0.05, 0.1) is 12.0 Å². The molecule has 1 aliphatic rings. The summed E-state index contributed by atoms with van der Waals surface area (Å²) in [5, 5.41) is 0.450. The molecule has 4 rings (SSSR count). The van der Waals surface area contributed by atoms with Gasteiger partial charge in [-0.1, -0.05) is 18.2 Å². The molecule has 1 aliphatic heterocycles. The van der Waals surface area contributed by atoms with Crippen LogP contribution >= 0.6 is 11.3 Å². The smallest absolute Gasteiger partial charge is 0.348 e. The van der Waals surface area contributed by atoms with Crippen molar-refractivity contribution in [3.8, 4) is 0 Å². The number of aryl methyl sites for hydroxylation is 1. The number of ether oxygens (including phenoxy) is 1. The summed E-state index contributed by atoms with van der Waals surface area (Å²) in [5.41, 5.74) is 2.66. The highest BCUT2D eigenvalue weighted by Gasteiger charge is 2.19. The summed E-state index contributed by atoms with van der Waals surface area (Å²) >= 11 is 1.19. The van der Waals surface area contributed by atoms with Crippen LogP contribution in [0.15, 0.2) is 29.1 Å². The molecule has 0 atom stereocenters. The van der Waals surface area contributed by atoms with Crippen LogP contribution in [0.2, 0.25) is 0 Å². The third kappa shape index (κ3) is 4.16. The maximum atomic E-state index is 12.6. The zero-order valence-electron chi connectivity index (χ0n) is 17.2. The molecule has 1 saturated heterocycles. The van der Waals surface area contributed by atoms with Crippen molar-refractivity contribution in [2.45, 2.75) is 33.1 Å². The van der Waals surface area contributed by atoms with Crippen LogP contribution in [0, 0.1) is 6.92 Å². The number of nitrogens with zero attached hydrogens (tertiary/aromatic N) is 2. The molecule has 0 bridgehead atoms. The first-order valence-electron chi connectivity index (χ1n) is 10.3. The van der Waals surface area contributed by atoms with E-state index in [0.717, 1.165) is 18.7 Å². The fourth-order valence-electron chi connectivity index (χ4n) is 3.75. The summed E-state index contributed by atoms with van der Waals surface area (Å²) in [4.78, 5) is 35.4. The average Bonchev–Trinajstić information content (AvgIpc) is 3.10. The number of carbonyl (C=O) groups excluding carboxylic acids is 1. The molecule has 1 N–H and O–H groups in total. The van der Waals surface area contributed by atoms with Crippen molar-refractivity contribution >= 4 is 45.4 Å². The second-order valence-corrected chi connectivity index (χ2v) is 8.38. The van der Waals surface area contributed by atoms with E-state index in [1.807, 2.05) is 6.08 Å². The van der Waals surface area contributed by atoms with Crippen LogP contribution in [0.4, 0.5) is 5.69 Å². The van der Waals surface area contributed by atoms with E-state index in [2.05, 4.69) is 39.1 Å². The molecule has 6 nitrogen and oxygen atoms in total. The van der Waals surface area contributed by atoms with Crippen molar-refractivity contribution in [2.24, 2.45) is 0 Å². The van der Waals surface area contributed by atoms with E-state index in [1.165, 1.54) is 36.3 Å². The molecule has 1 aromatic carbocycles. The van der Waals surface area contributed by atoms with Gasteiger partial charge in [0.1, 0.15) is 15.5 Å². The quantitative estimate of drug-likeness (QED) is 0.606. The van der Waals surface area contributed by atoms with E-state index in [-0.39, 0.29) is 5.56 Å². The highest BCUT2D eigenvalue weighted by atomic mass is 32.1. The van der Waals surface area contributed by atoms with Crippen molar-refractivity contribution in [2.75, 3.05) is 24.6 Å². The number of benzene rings is 1. The van der Waals surface area contributed by atoms with Gasteiger partial charge in [0.2, 0.25) is 0 Å². The fourth-order valence-corrected chi connectivity index (χ4v) is 4.84. The number of piperidine rings is 1. The molecule has 3 aromatic rings. The summed E-state index contributed by atoms with van der Waals surface area (Å²) in [7, 11) is 0. The zero-order chi connectivity index (χ0) is 21.1. The van der Waals surface area contributed by atoms with Gasteiger partial charge < -0.3 is 14.6 Å². The Balaban J connectivity index is 1.56. The summed E-state index contributed by atoms with van der Waals surface area (Å²) in [5.74, 6) is 0.0487. The van der Waals surface area contributed by atoms with E-state index < -0.39 is 5.97 Å². The molecule has 0 spiro atoms.